The van der Waals surface area contributed by atoms with E-state index in [4.69, 9.17) is 9.47 Å². The molecular formula is C11H16BrNO2. The Labute approximate surface area is 98.9 Å². The highest BCUT2D eigenvalue weighted by molar-refractivity contribution is 9.10. The van der Waals surface area contributed by atoms with Gasteiger partial charge in [-0.15, -0.1) is 0 Å². The lowest BCUT2D eigenvalue weighted by Crippen LogP contribution is -2.02. The van der Waals surface area contributed by atoms with Crippen LogP contribution in [-0.2, 0) is 0 Å². The van der Waals surface area contributed by atoms with Crippen LogP contribution in [0.5, 0.6) is 11.6 Å². The molecule has 0 aliphatic carbocycles. The molecular weight excluding hydrogens is 258 g/mol. The molecule has 0 fully saturated rings. The van der Waals surface area contributed by atoms with Crippen LogP contribution in [0.1, 0.15) is 26.7 Å². The zero-order chi connectivity index (χ0) is 11.1. The van der Waals surface area contributed by atoms with Crippen molar-refractivity contribution in [3.05, 3.63) is 16.7 Å². The predicted molar refractivity (Wildman–Crippen MR) is 63.5 cm³/mol. The van der Waals surface area contributed by atoms with Crippen LogP contribution in [0.3, 0.4) is 0 Å². The largest absolute Gasteiger partial charge is 0.488 e. The number of hydrogen-bond donors (Lipinski definition) is 0. The number of aromatic nitrogens is 1. The second kappa shape index (κ2) is 6.67. The number of rotatable bonds is 6. The molecule has 0 unspecified atom stereocenters. The summed E-state index contributed by atoms with van der Waals surface area (Å²) < 4.78 is 11.9. The van der Waals surface area contributed by atoms with Gasteiger partial charge >= 0.3 is 0 Å². The van der Waals surface area contributed by atoms with Gasteiger partial charge < -0.3 is 9.47 Å². The van der Waals surface area contributed by atoms with Crippen molar-refractivity contribution < 1.29 is 9.47 Å². The van der Waals surface area contributed by atoms with E-state index < -0.39 is 0 Å². The van der Waals surface area contributed by atoms with Gasteiger partial charge in [0.25, 0.3) is 5.88 Å². The third-order valence-electron chi connectivity index (χ3n) is 1.82. The summed E-state index contributed by atoms with van der Waals surface area (Å²) in [6.45, 7) is 5.37. The first-order chi connectivity index (χ1) is 7.27. The van der Waals surface area contributed by atoms with E-state index in [1.165, 1.54) is 0 Å². The van der Waals surface area contributed by atoms with Gasteiger partial charge in [0.2, 0.25) is 0 Å². The van der Waals surface area contributed by atoms with E-state index in [9.17, 15) is 0 Å². The third-order valence-corrected chi connectivity index (χ3v) is 2.26. The highest BCUT2D eigenvalue weighted by Crippen LogP contribution is 2.27. The molecule has 15 heavy (non-hydrogen) atoms. The first-order valence-electron chi connectivity index (χ1n) is 5.19. The molecule has 1 rings (SSSR count). The maximum atomic E-state index is 5.53. The molecule has 0 bridgehead atoms. The quantitative estimate of drug-likeness (QED) is 0.745. The molecule has 3 nitrogen and oxygen atoms in total. The van der Waals surface area contributed by atoms with Crippen molar-refractivity contribution in [3.8, 4) is 11.6 Å². The molecule has 0 saturated heterocycles. The minimum Gasteiger partial charge on any atom is -0.488 e. The van der Waals surface area contributed by atoms with Gasteiger partial charge in [0.15, 0.2) is 5.75 Å². The summed E-state index contributed by atoms with van der Waals surface area (Å²) in [5.74, 6) is 1.27. The van der Waals surface area contributed by atoms with Gasteiger partial charge in [-0.3, -0.25) is 0 Å². The Hall–Kier alpha value is -0.770. The molecule has 0 aliphatic heterocycles. The van der Waals surface area contributed by atoms with Crippen LogP contribution in [0.4, 0.5) is 0 Å². The lowest BCUT2D eigenvalue weighted by atomic mass is 10.4. The van der Waals surface area contributed by atoms with Crippen molar-refractivity contribution >= 4 is 15.9 Å². The van der Waals surface area contributed by atoms with Crippen LogP contribution >= 0.6 is 15.9 Å². The van der Waals surface area contributed by atoms with Gasteiger partial charge in [0.1, 0.15) is 0 Å². The topological polar surface area (TPSA) is 31.4 Å². The van der Waals surface area contributed by atoms with Crippen LogP contribution in [0.15, 0.2) is 16.7 Å². The zero-order valence-electron chi connectivity index (χ0n) is 9.12. The molecule has 0 amide bonds. The van der Waals surface area contributed by atoms with E-state index in [0.717, 1.165) is 17.3 Å². The summed E-state index contributed by atoms with van der Waals surface area (Å²) in [5, 5.41) is 0. The number of unbranched alkanes of at least 4 members (excludes halogenated alkanes) is 1. The van der Waals surface area contributed by atoms with Gasteiger partial charge in [0, 0.05) is 16.7 Å². The summed E-state index contributed by atoms with van der Waals surface area (Å²) >= 11 is 3.35. The predicted octanol–water partition coefficient (Wildman–Crippen LogP) is 3.42. The Kier molecular flexibility index (Phi) is 5.47. The van der Waals surface area contributed by atoms with Crippen molar-refractivity contribution in [3.63, 3.8) is 0 Å². The molecule has 0 spiro atoms. The highest BCUT2D eigenvalue weighted by Gasteiger charge is 2.06. The fourth-order valence-electron chi connectivity index (χ4n) is 1.09. The van der Waals surface area contributed by atoms with E-state index in [1.54, 1.807) is 6.20 Å². The molecule has 1 aromatic rings. The summed E-state index contributed by atoms with van der Waals surface area (Å²) in [4.78, 5) is 4.17. The Balaban J connectivity index is 2.67. The van der Waals surface area contributed by atoms with E-state index in [1.807, 2.05) is 13.0 Å². The van der Waals surface area contributed by atoms with Gasteiger partial charge in [-0.2, -0.15) is 0 Å². The lowest BCUT2D eigenvalue weighted by Gasteiger charge is -2.10. The molecule has 1 aromatic heterocycles. The van der Waals surface area contributed by atoms with Crippen LogP contribution < -0.4 is 9.47 Å². The number of hydrogen-bond acceptors (Lipinski definition) is 3. The lowest BCUT2D eigenvalue weighted by molar-refractivity contribution is 0.262. The summed E-state index contributed by atoms with van der Waals surface area (Å²) in [6.07, 6.45) is 3.85. The van der Waals surface area contributed by atoms with Gasteiger partial charge in [0.05, 0.1) is 13.2 Å². The fourth-order valence-corrected chi connectivity index (χ4v) is 1.40. The number of nitrogens with zero attached hydrogens (tertiary/aromatic N) is 1. The van der Waals surface area contributed by atoms with Crippen LogP contribution in [-0.4, -0.2) is 18.2 Å². The number of pyridine rings is 1. The standard InChI is InChI=1S/C11H16BrNO2/c1-3-5-6-15-11-10(14-4-2)7-9(12)8-13-11/h7-8H,3-6H2,1-2H3. The minimum atomic E-state index is 0.577. The molecule has 4 heteroatoms. The van der Waals surface area contributed by atoms with Gasteiger partial charge in [-0.1, -0.05) is 13.3 Å². The fraction of sp³-hybridized carbons (Fsp3) is 0.545. The average molecular weight is 274 g/mol. The van der Waals surface area contributed by atoms with Gasteiger partial charge in [-0.25, -0.2) is 4.98 Å². The molecule has 0 aliphatic rings. The maximum Gasteiger partial charge on any atom is 0.257 e. The maximum absolute atomic E-state index is 5.53. The van der Waals surface area contributed by atoms with Crippen LogP contribution in [0.2, 0.25) is 0 Å². The first kappa shape index (κ1) is 12.3. The monoisotopic (exact) mass is 273 g/mol. The molecule has 0 N–H and O–H groups in total. The molecule has 84 valence electrons. The smallest absolute Gasteiger partial charge is 0.257 e. The van der Waals surface area contributed by atoms with E-state index >= 15 is 0 Å². The summed E-state index contributed by atoms with van der Waals surface area (Å²) in [6, 6.07) is 1.87. The van der Waals surface area contributed by atoms with E-state index in [0.29, 0.717) is 24.8 Å². The van der Waals surface area contributed by atoms with Crippen molar-refractivity contribution in [1.82, 2.24) is 4.98 Å². The number of halogens is 1. The van der Waals surface area contributed by atoms with Gasteiger partial charge in [-0.05, 0) is 29.3 Å². The normalized spacial score (nSPS) is 10.1. The van der Waals surface area contributed by atoms with Crippen LogP contribution in [0.25, 0.3) is 0 Å². The number of ether oxygens (including phenoxy) is 2. The molecule has 0 aromatic carbocycles. The Morgan fingerprint density at radius 1 is 1.33 bits per heavy atom. The zero-order valence-corrected chi connectivity index (χ0v) is 10.7. The Morgan fingerprint density at radius 3 is 2.80 bits per heavy atom. The first-order valence-corrected chi connectivity index (χ1v) is 5.98. The Morgan fingerprint density at radius 2 is 2.13 bits per heavy atom. The second-order valence-electron chi connectivity index (χ2n) is 3.09. The molecule has 1 heterocycles. The molecule has 0 radical (unpaired) electrons. The summed E-state index contributed by atoms with van der Waals surface area (Å²) in [7, 11) is 0. The molecule has 0 saturated carbocycles. The van der Waals surface area contributed by atoms with Crippen molar-refractivity contribution in [1.29, 1.82) is 0 Å². The van der Waals surface area contributed by atoms with E-state index in [2.05, 4.69) is 27.8 Å². The second-order valence-corrected chi connectivity index (χ2v) is 4.01. The Bertz CT molecular complexity index is 305. The van der Waals surface area contributed by atoms with Crippen LogP contribution in [0, 0.1) is 0 Å². The molecule has 0 atom stereocenters. The van der Waals surface area contributed by atoms with E-state index in [-0.39, 0.29) is 0 Å². The van der Waals surface area contributed by atoms with Crippen molar-refractivity contribution in [2.24, 2.45) is 0 Å². The minimum absolute atomic E-state index is 0.577. The van der Waals surface area contributed by atoms with Crippen molar-refractivity contribution in [2.45, 2.75) is 26.7 Å². The van der Waals surface area contributed by atoms with Crippen molar-refractivity contribution in [2.75, 3.05) is 13.2 Å². The highest BCUT2D eigenvalue weighted by atomic mass is 79.9. The third kappa shape index (κ3) is 4.08. The average Bonchev–Trinajstić information content (AvgIpc) is 2.22. The summed E-state index contributed by atoms with van der Waals surface area (Å²) in [5.41, 5.74) is 0. The SMILES string of the molecule is CCCCOc1ncc(Br)cc1OCC.